The van der Waals surface area contributed by atoms with E-state index in [4.69, 9.17) is 14.2 Å². The SMILES string of the molecule is COc1cc(N2CCN(C)CC2)ccc1N(C(=O)OC(C)(C)C)c1cc(N(C(=O)Oc2ccc([N+](=O)[O-])cc2)c2cccc([N+](=O)[O-])c2)ncn1. The summed E-state index contributed by atoms with van der Waals surface area (Å²) in [5, 5.41) is 22.8. The molecule has 5 rings (SSSR count). The van der Waals surface area contributed by atoms with Crippen molar-refractivity contribution >= 4 is 52.3 Å². The molecule has 0 bridgehead atoms. The summed E-state index contributed by atoms with van der Waals surface area (Å²) < 4.78 is 17.1. The summed E-state index contributed by atoms with van der Waals surface area (Å²) in [4.78, 5) is 64.4. The fourth-order valence-corrected chi connectivity index (χ4v) is 5.18. The number of hydrogen-bond donors (Lipinski definition) is 0. The van der Waals surface area contributed by atoms with Gasteiger partial charge >= 0.3 is 12.2 Å². The second-order valence-electron chi connectivity index (χ2n) is 12.4. The molecule has 51 heavy (non-hydrogen) atoms. The zero-order valence-electron chi connectivity index (χ0n) is 28.6. The normalized spacial score (nSPS) is 13.2. The Morgan fingerprint density at radius 3 is 2.06 bits per heavy atom. The van der Waals surface area contributed by atoms with E-state index in [1.165, 1.54) is 48.4 Å². The average Bonchev–Trinajstić information content (AvgIpc) is 3.09. The van der Waals surface area contributed by atoms with Crippen LogP contribution in [0.4, 0.5) is 49.7 Å². The molecule has 0 aliphatic carbocycles. The first-order valence-corrected chi connectivity index (χ1v) is 15.7. The maximum Gasteiger partial charge on any atom is 0.425 e. The lowest BCUT2D eigenvalue weighted by atomic mass is 10.2. The quantitative estimate of drug-likeness (QED) is 0.137. The molecule has 0 radical (unpaired) electrons. The van der Waals surface area contributed by atoms with Gasteiger partial charge in [-0.05, 0) is 58.2 Å². The number of nitro benzene ring substituents is 2. The minimum atomic E-state index is -1.06. The molecule has 3 aromatic carbocycles. The van der Waals surface area contributed by atoms with E-state index < -0.39 is 27.6 Å². The van der Waals surface area contributed by atoms with Gasteiger partial charge in [-0.1, -0.05) is 6.07 Å². The Kier molecular flexibility index (Phi) is 10.6. The van der Waals surface area contributed by atoms with Crippen LogP contribution >= 0.6 is 0 Å². The highest BCUT2D eigenvalue weighted by atomic mass is 16.6. The van der Waals surface area contributed by atoms with Crippen molar-refractivity contribution in [2.24, 2.45) is 0 Å². The molecule has 1 saturated heterocycles. The smallest absolute Gasteiger partial charge is 0.425 e. The monoisotopic (exact) mass is 700 g/mol. The maximum absolute atomic E-state index is 13.9. The van der Waals surface area contributed by atoms with Gasteiger partial charge in [-0.3, -0.25) is 20.2 Å². The number of likely N-dealkylation sites (N-methyl/N-ethyl adjacent to an activating group) is 1. The Morgan fingerprint density at radius 2 is 1.45 bits per heavy atom. The third kappa shape index (κ3) is 8.63. The molecule has 2 amide bonds. The molecule has 17 nitrogen and oxygen atoms in total. The third-order valence-electron chi connectivity index (χ3n) is 7.68. The van der Waals surface area contributed by atoms with Crippen molar-refractivity contribution in [3.8, 4) is 11.5 Å². The second-order valence-corrected chi connectivity index (χ2v) is 12.4. The Bertz CT molecular complexity index is 1930. The molecule has 4 aromatic rings. The van der Waals surface area contributed by atoms with Gasteiger partial charge in [-0.15, -0.1) is 0 Å². The van der Waals surface area contributed by atoms with Crippen molar-refractivity contribution in [3.05, 3.63) is 99.4 Å². The lowest BCUT2D eigenvalue weighted by molar-refractivity contribution is -0.385. The molecule has 0 atom stereocenters. The standard InChI is InChI=1S/C34H36N8O9/c1-34(2,3)51-33(44)40(28-14-11-24(20-29(28)49-5)38-17-15-37(4)16-18-38)31-21-30(35-22-36-31)39(25-7-6-8-26(19-25)42(47)48)32(43)50-27-12-9-23(10-13-27)41(45)46/h6-14,19-22H,15-18H2,1-5H3. The number of carbonyl (C=O) groups is 2. The largest absolute Gasteiger partial charge is 0.494 e. The number of benzene rings is 3. The Hall–Kier alpha value is -6.36. The van der Waals surface area contributed by atoms with Crippen molar-refractivity contribution in [1.82, 2.24) is 14.9 Å². The maximum atomic E-state index is 13.9. The van der Waals surface area contributed by atoms with Crippen molar-refractivity contribution < 1.29 is 33.6 Å². The van der Waals surface area contributed by atoms with E-state index in [2.05, 4.69) is 26.8 Å². The van der Waals surface area contributed by atoms with Gasteiger partial charge in [0.15, 0.2) is 0 Å². The van der Waals surface area contributed by atoms with Crippen molar-refractivity contribution in [2.45, 2.75) is 26.4 Å². The van der Waals surface area contributed by atoms with Gasteiger partial charge in [-0.2, -0.15) is 0 Å². The molecule has 1 aromatic heterocycles. The number of methoxy groups -OCH3 is 1. The Labute approximate surface area is 292 Å². The molecule has 2 heterocycles. The van der Waals surface area contributed by atoms with Crippen LogP contribution in [0.2, 0.25) is 0 Å². The predicted molar refractivity (Wildman–Crippen MR) is 187 cm³/mol. The zero-order valence-corrected chi connectivity index (χ0v) is 28.6. The number of rotatable bonds is 9. The van der Waals surface area contributed by atoms with Gasteiger partial charge in [-0.25, -0.2) is 29.4 Å². The van der Waals surface area contributed by atoms with E-state index in [1.54, 1.807) is 26.8 Å². The summed E-state index contributed by atoms with van der Waals surface area (Å²) in [6.07, 6.45) is -0.767. The van der Waals surface area contributed by atoms with Crippen LogP contribution in [0.15, 0.2) is 79.1 Å². The Morgan fingerprint density at radius 1 is 0.804 bits per heavy atom. The molecule has 1 aliphatic heterocycles. The molecule has 0 N–H and O–H groups in total. The first-order valence-electron chi connectivity index (χ1n) is 15.7. The molecule has 0 unspecified atom stereocenters. The van der Waals surface area contributed by atoms with Crippen LogP contribution in [0.1, 0.15) is 20.8 Å². The van der Waals surface area contributed by atoms with Crippen LogP contribution in [0.3, 0.4) is 0 Å². The summed E-state index contributed by atoms with van der Waals surface area (Å²) in [6, 6.07) is 16.7. The molecule has 1 aliphatic rings. The number of aromatic nitrogens is 2. The third-order valence-corrected chi connectivity index (χ3v) is 7.68. The predicted octanol–water partition coefficient (Wildman–Crippen LogP) is 6.46. The highest BCUT2D eigenvalue weighted by molar-refractivity contribution is 6.00. The van der Waals surface area contributed by atoms with Crippen molar-refractivity contribution in [3.63, 3.8) is 0 Å². The van der Waals surface area contributed by atoms with Gasteiger partial charge in [0.1, 0.15) is 35.1 Å². The zero-order chi connectivity index (χ0) is 36.9. The first kappa shape index (κ1) is 35.9. The number of ether oxygens (including phenoxy) is 3. The van der Waals surface area contributed by atoms with Gasteiger partial charge < -0.3 is 24.0 Å². The average molecular weight is 701 g/mol. The van der Waals surface area contributed by atoms with Gasteiger partial charge in [0.05, 0.1) is 28.3 Å². The fourth-order valence-electron chi connectivity index (χ4n) is 5.18. The number of piperazine rings is 1. The minimum Gasteiger partial charge on any atom is -0.494 e. The van der Waals surface area contributed by atoms with Gasteiger partial charge in [0.2, 0.25) is 0 Å². The topological polar surface area (TPSA) is 187 Å². The fraction of sp³-hybridized carbons (Fsp3) is 0.294. The van der Waals surface area contributed by atoms with Crippen LogP contribution in [-0.2, 0) is 4.74 Å². The van der Waals surface area contributed by atoms with Crippen molar-refractivity contribution in [2.75, 3.05) is 55.0 Å². The molecule has 1 fully saturated rings. The summed E-state index contributed by atoms with van der Waals surface area (Å²) >= 11 is 0. The number of nitro groups is 2. The van der Waals surface area contributed by atoms with Crippen LogP contribution in [0, 0.1) is 20.2 Å². The number of non-ortho nitro benzene ring substituents is 2. The molecule has 17 heteroatoms. The van der Waals surface area contributed by atoms with E-state index in [0.717, 1.165) is 61.3 Å². The van der Waals surface area contributed by atoms with E-state index in [-0.39, 0.29) is 40.1 Å². The van der Waals surface area contributed by atoms with E-state index in [9.17, 15) is 29.8 Å². The Balaban J connectivity index is 1.60. The molecule has 0 spiro atoms. The first-order chi connectivity index (χ1) is 24.2. The molecule has 266 valence electrons. The van der Waals surface area contributed by atoms with Crippen LogP contribution in [0.25, 0.3) is 0 Å². The number of carbonyl (C=O) groups excluding carboxylic acids is 2. The van der Waals surface area contributed by atoms with Gasteiger partial charge in [0.25, 0.3) is 11.4 Å². The number of amides is 2. The molecular formula is C34H36N8O9. The van der Waals surface area contributed by atoms with E-state index in [1.807, 2.05) is 12.1 Å². The number of anilines is 5. The van der Waals surface area contributed by atoms with Crippen LogP contribution in [-0.4, -0.2) is 82.8 Å². The summed E-state index contributed by atoms with van der Waals surface area (Å²) in [7, 11) is 3.54. The van der Waals surface area contributed by atoms with Crippen LogP contribution in [0.5, 0.6) is 11.5 Å². The van der Waals surface area contributed by atoms with Crippen LogP contribution < -0.4 is 24.2 Å². The number of hydrogen-bond acceptors (Lipinski definition) is 13. The van der Waals surface area contributed by atoms with E-state index >= 15 is 0 Å². The molecular weight excluding hydrogens is 664 g/mol. The second kappa shape index (κ2) is 15.0. The summed E-state index contributed by atoms with van der Waals surface area (Å²) in [6.45, 7) is 8.49. The highest BCUT2D eigenvalue weighted by Gasteiger charge is 2.31. The minimum absolute atomic E-state index is 0.00121. The van der Waals surface area contributed by atoms with E-state index in [0.29, 0.717) is 5.75 Å². The molecule has 0 saturated carbocycles. The summed E-state index contributed by atoms with van der Waals surface area (Å²) in [5.41, 5.74) is -0.289. The summed E-state index contributed by atoms with van der Waals surface area (Å²) in [5.74, 6) is 0.133. The lowest BCUT2D eigenvalue weighted by Gasteiger charge is -2.34. The van der Waals surface area contributed by atoms with Crippen molar-refractivity contribution in [1.29, 1.82) is 0 Å². The van der Waals surface area contributed by atoms with Gasteiger partial charge in [0, 0.05) is 68.3 Å². The number of nitrogens with zero attached hydrogens (tertiary/aromatic N) is 8. The lowest BCUT2D eigenvalue weighted by Crippen LogP contribution is -2.44. The highest BCUT2D eigenvalue weighted by Crippen LogP contribution is 2.39.